The topological polar surface area (TPSA) is 46.5 Å². The Hall–Kier alpha value is -1.58. The van der Waals surface area contributed by atoms with E-state index in [9.17, 15) is 9.18 Å². The molecular weight excluding hydrogens is 223 g/mol. The van der Waals surface area contributed by atoms with Gasteiger partial charge in [0.05, 0.1) is 13.5 Å². The number of carboxylic acids is 1. The van der Waals surface area contributed by atoms with E-state index in [1.165, 1.54) is 25.3 Å². The minimum Gasteiger partial charge on any atom is -0.496 e. The Bertz CT molecular complexity index is 402. The van der Waals surface area contributed by atoms with Gasteiger partial charge in [-0.05, 0) is 24.1 Å². The van der Waals surface area contributed by atoms with E-state index in [0.717, 1.165) is 0 Å². The standard InChI is InChI=1S/C13H17FO3/c1-8(2)10(7-13(15)16)11-6-9(14)4-5-12(11)17-3/h4-6,8,10H,7H2,1-3H3,(H,15,16). The van der Waals surface area contributed by atoms with E-state index in [0.29, 0.717) is 11.3 Å². The lowest BCUT2D eigenvalue weighted by molar-refractivity contribution is -0.137. The predicted molar refractivity (Wildman–Crippen MR) is 62.8 cm³/mol. The van der Waals surface area contributed by atoms with E-state index in [4.69, 9.17) is 9.84 Å². The van der Waals surface area contributed by atoms with Gasteiger partial charge < -0.3 is 9.84 Å². The molecule has 1 aromatic carbocycles. The van der Waals surface area contributed by atoms with Gasteiger partial charge in [0.25, 0.3) is 0 Å². The normalized spacial score (nSPS) is 12.5. The second kappa shape index (κ2) is 5.66. The van der Waals surface area contributed by atoms with E-state index in [1.807, 2.05) is 13.8 Å². The molecule has 1 unspecified atom stereocenters. The Morgan fingerprint density at radius 1 is 1.47 bits per heavy atom. The molecule has 0 aliphatic heterocycles. The number of carboxylic acid groups (broad SMARTS) is 1. The first-order valence-electron chi connectivity index (χ1n) is 5.51. The fourth-order valence-corrected chi connectivity index (χ4v) is 1.89. The van der Waals surface area contributed by atoms with Crippen LogP contribution >= 0.6 is 0 Å². The summed E-state index contributed by atoms with van der Waals surface area (Å²) in [5.41, 5.74) is 0.616. The van der Waals surface area contributed by atoms with Gasteiger partial charge in [-0.15, -0.1) is 0 Å². The van der Waals surface area contributed by atoms with Crippen molar-refractivity contribution in [3.05, 3.63) is 29.6 Å². The summed E-state index contributed by atoms with van der Waals surface area (Å²) in [5, 5.41) is 8.89. The van der Waals surface area contributed by atoms with E-state index in [2.05, 4.69) is 0 Å². The Balaban J connectivity index is 3.16. The number of halogens is 1. The van der Waals surface area contributed by atoms with Gasteiger partial charge in [0, 0.05) is 11.5 Å². The molecule has 3 nitrogen and oxygen atoms in total. The van der Waals surface area contributed by atoms with E-state index < -0.39 is 5.97 Å². The summed E-state index contributed by atoms with van der Waals surface area (Å²) in [4.78, 5) is 10.8. The zero-order chi connectivity index (χ0) is 13.0. The maximum atomic E-state index is 13.2. The van der Waals surface area contributed by atoms with Gasteiger partial charge in [-0.2, -0.15) is 0 Å². The van der Waals surface area contributed by atoms with Crippen molar-refractivity contribution in [2.75, 3.05) is 7.11 Å². The smallest absolute Gasteiger partial charge is 0.303 e. The molecule has 0 radical (unpaired) electrons. The highest BCUT2D eigenvalue weighted by atomic mass is 19.1. The Labute approximate surface area is 100 Å². The third kappa shape index (κ3) is 3.44. The minimum atomic E-state index is -0.894. The Morgan fingerprint density at radius 2 is 2.12 bits per heavy atom. The molecule has 0 amide bonds. The number of carbonyl (C=O) groups is 1. The van der Waals surface area contributed by atoms with Gasteiger partial charge in [-0.3, -0.25) is 4.79 Å². The van der Waals surface area contributed by atoms with Crippen LogP contribution in [0.2, 0.25) is 0 Å². The number of hydrogen-bond donors (Lipinski definition) is 1. The van der Waals surface area contributed by atoms with Crippen molar-refractivity contribution in [2.45, 2.75) is 26.2 Å². The molecule has 0 saturated carbocycles. The lowest BCUT2D eigenvalue weighted by atomic mass is 9.85. The first-order valence-corrected chi connectivity index (χ1v) is 5.51. The van der Waals surface area contributed by atoms with Crippen LogP contribution in [0.3, 0.4) is 0 Å². The molecule has 0 aromatic heterocycles. The van der Waals surface area contributed by atoms with Crippen LogP contribution < -0.4 is 4.74 Å². The monoisotopic (exact) mass is 240 g/mol. The molecular formula is C13H17FO3. The fraction of sp³-hybridized carbons (Fsp3) is 0.462. The number of benzene rings is 1. The van der Waals surface area contributed by atoms with Crippen LogP contribution in [0.1, 0.15) is 31.7 Å². The summed E-state index contributed by atoms with van der Waals surface area (Å²) in [5.74, 6) is -0.891. The molecule has 1 rings (SSSR count). The van der Waals surface area contributed by atoms with Crippen molar-refractivity contribution in [1.29, 1.82) is 0 Å². The number of aliphatic carboxylic acids is 1. The highest BCUT2D eigenvalue weighted by Crippen LogP contribution is 2.34. The quantitative estimate of drug-likeness (QED) is 0.860. The van der Waals surface area contributed by atoms with Gasteiger partial charge in [0.1, 0.15) is 11.6 Å². The maximum Gasteiger partial charge on any atom is 0.303 e. The summed E-state index contributed by atoms with van der Waals surface area (Å²) < 4.78 is 18.4. The van der Waals surface area contributed by atoms with Crippen molar-refractivity contribution in [2.24, 2.45) is 5.92 Å². The highest BCUT2D eigenvalue weighted by molar-refractivity contribution is 5.68. The van der Waals surface area contributed by atoms with Crippen molar-refractivity contribution in [1.82, 2.24) is 0 Å². The number of rotatable bonds is 5. The summed E-state index contributed by atoms with van der Waals surface area (Å²) in [6.45, 7) is 3.83. The molecule has 17 heavy (non-hydrogen) atoms. The van der Waals surface area contributed by atoms with Crippen LogP contribution in [0.15, 0.2) is 18.2 Å². The predicted octanol–water partition coefficient (Wildman–Crippen LogP) is 3.05. The van der Waals surface area contributed by atoms with Crippen LogP contribution in [-0.2, 0) is 4.79 Å². The lowest BCUT2D eigenvalue weighted by Crippen LogP contribution is -2.13. The molecule has 0 heterocycles. The second-order valence-electron chi connectivity index (χ2n) is 4.33. The molecule has 1 N–H and O–H groups in total. The summed E-state index contributed by atoms with van der Waals surface area (Å²) in [7, 11) is 1.49. The zero-order valence-corrected chi connectivity index (χ0v) is 10.2. The third-order valence-electron chi connectivity index (χ3n) is 2.79. The van der Waals surface area contributed by atoms with Gasteiger partial charge in [0.2, 0.25) is 0 Å². The van der Waals surface area contributed by atoms with Crippen molar-refractivity contribution < 1.29 is 19.0 Å². The van der Waals surface area contributed by atoms with Gasteiger partial charge in [0.15, 0.2) is 0 Å². The summed E-state index contributed by atoms with van der Waals surface area (Å²) >= 11 is 0. The average molecular weight is 240 g/mol. The van der Waals surface area contributed by atoms with Gasteiger partial charge >= 0.3 is 5.97 Å². The first kappa shape index (κ1) is 13.5. The Kier molecular flexibility index (Phi) is 4.49. The zero-order valence-electron chi connectivity index (χ0n) is 10.2. The number of methoxy groups -OCH3 is 1. The molecule has 0 fully saturated rings. The average Bonchev–Trinajstić information content (AvgIpc) is 2.25. The van der Waals surface area contributed by atoms with E-state index >= 15 is 0 Å². The lowest BCUT2D eigenvalue weighted by Gasteiger charge is -2.21. The largest absolute Gasteiger partial charge is 0.496 e. The maximum absolute atomic E-state index is 13.2. The molecule has 0 spiro atoms. The number of ether oxygens (including phenoxy) is 1. The van der Waals surface area contributed by atoms with Crippen LogP contribution in [-0.4, -0.2) is 18.2 Å². The van der Waals surface area contributed by atoms with Crippen LogP contribution in [0.4, 0.5) is 4.39 Å². The fourth-order valence-electron chi connectivity index (χ4n) is 1.89. The van der Waals surface area contributed by atoms with Crippen molar-refractivity contribution in [3.8, 4) is 5.75 Å². The highest BCUT2D eigenvalue weighted by Gasteiger charge is 2.23. The second-order valence-corrected chi connectivity index (χ2v) is 4.33. The molecule has 1 atom stereocenters. The van der Waals surface area contributed by atoms with Crippen LogP contribution in [0.5, 0.6) is 5.75 Å². The summed E-state index contributed by atoms with van der Waals surface area (Å²) in [6.07, 6.45) is -0.0303. The number of hydrogen-bond acceptors (Lipinski definition) is 2. The van der Waals surface area contributed by atoms with Crippen LogP contribution in [0.25, 0.3) is 0 Å². The van der Waals surface area contributed by atoms with Crippen molar-refractivity contribution >= 4 is 5.97 Å². The SMILES string of the molecule is COc1ccc(F)cc1C(CC(=O)O)C(C)C. The Morgan fingerprint density at radius 3 is 2.59 bits per heavy atom. The molecule has 94 valence electrons. The first-order chi connectivity index (χ1) is 7.95. The van der Waals surface area contributed by atoms with Crippen molar-refractivity contribution in [3.63, 3.8) is 0 Å². The molecule has 0 aliphatic carbocycles. The van der Waals surface area contributed by atoms with E-state index in [-0.39, 0.29) is 24.1 Å². The van der Waals surface area contributed by atoms with E-state index in [1.54, 1.807) is 0 Å². The third-order valence-corrected chi connectivity index (χ3v) is 2.79. The van der Waals surface area contributed by atoms with Gasteiger partial charge in [-0.25, -0.2) is 4.39 Å². The van der Waals surface area contributed by atoms with Crippen LogP contribution in [0, 0.1) is 11.7 Å². The molecule has 0 bridgehead atoms. The molecule has 1 aromatic rings. The molecule has 0 aliphatic rings. The molecule has 0 saturated heterocycles. The minimum absolute atomic E-state index is 0.0303. The molecule has 4 heteroatoms. The van der Waals surface area contributed by atoms with Gasteiger partial charge in [-0.1, -0.05) is 13.8 Å². The summed E-state index contributed by atoms with van der Waals surface area (Å²) in [6, 6.07) is 4.19.